The van der Waals surface area contributed by atoms with E-state index in [1.807, 2.05) is 6.33 Å². The number of nitrogens with zero attached hydrogens (tertiary/aromatic N) is 2. The van der Waals surface area contributed by atoms with Crippen molar-refractivity contribution in [1.82, 2.24) is 14.9 Å². The van der Waals surface area contributed by atoms with Gasteiger partial charge >= 0.3 is 0 Å². The monoisotopic (exact) mass is 263 g/mol. The van der Waals surface area contributed by atoms with Crippen molar-refractivity contribution in [2.45, 2.75) is 45.1 Å². The third-order valence-electron chi connectivity index (χ3n) is 4.75. The van der Waals surface area contributed by atoms with Crippen LogP contribution < -0.4 is 5.32 Å². The Morgan fingerprint density at radius 1 is 1.37 bits per heavy atom. The van der Waals surface area contributed by atoms with Gasteiger partial charge in [0.15, 0.2) is 0 Å². The number of hydrogen-bond donors (Lipinski definition) is 1. The summed E-state index contributed by atoms with van der Waals surface area (Å²) in [5.74, 6) is 0.687. The van der Waals surface area contributed by atoms with Gasteiger partial charge in [0.2, 0.25) is 0 Å². The van der Waals surface area contributed by atoms with E-state index in [4.69, 9.17) is 4.74 Å². The average molecular weight is 263 g/mol. The Balaban J connectivity index is 1.72. The summed E-state index contributed by atoms with van der Waals surface area (Å²) in [7, 11) is 0. The van der Waals surface area contributed by atoms with E-state index in [9.17, 15) is 0 Å². The zero-order valence-corrected chi connectivity index (χ0v) is 11.9. The standard InChI is InChI=1S/C15H25N3O/c1-15(4-8-19-9-5-15)11-18-12-17-10-14(18)13-2-6-16-7-3-13/h10,12-13,16H,2-9,11H2,1H3. The highest BCUT2D eigenvalue weighted by Crippen LogP contribution is 2.33. The van der Waals surface area contributed by atoms with Crippen molar-refractivity contribution in [1.29, 1.82) is 0 Å². The third kappa shape index (κ3) is 3.00. The molecule has 0 radical (unpaired) electrons. The maximum Gasteiger partial charge on any atom is 0.0948 e. The van der Waals surface area contributed by atoms with Gasteiger partial charge in [0.1, 0.15) is 0 Å². The molecule has 2 saturated heterocycles. The lowest BCUT2D eigenvalue weighted by atomic mass is 9.82. The van der Waals surface area contributed by atoms with E-state index in [1.165, 1.54) is 18.5 Å². The largest absolute Gasteiger partial charge is 0.381 e. The molecule has 0 amide bonds. The minimum absolute atomic E-state index is 0.376. The molecule has 1 N–H and O–H groups in total. The van der Waals surface area contributed by atoms with Crippen molar-refractivity contribution < 1.29 is 4.74 Å². The predicted molar refractivity (Wildman–Crippen MR) is 75.2 cm³/mol. The summed E-state index contributed by atoms with van der Waals surface area (Å²) in [4.78, 5) is 4.41. The minimum Gasteiger partial charge on any atom is -0.381 e. The molecule has 0 aromatic carbocycles. The maximum atomic E-state index is 5.50. The summed E-state index contributed by atoms with van der Waals surface area (Å²) >= 11 is 0. The molecule has 19 heavy (non-hydrogen) atoms. The maximum absolute atomic E-state index is 5.50. The molecule has 1 aromatic rings. The fourth-order valence-electron chi connectivity index (χ4n) is 3.35. The number of rotatable bonds is 3. The normalized spacial score (nSPS) is 24.5. The SMILES string of the molecule is CC1(Cn2cncc2C2CCNCC2)CCOCC1. The van der Waals surface area contributed by atoms with Crippen LogP contribution in [0.3, 0.4) is 0 Å². The van der Waals surface area contributed by atoms with Gasteiger partial charge in [-0.1, -0.05) is 6.92 Å². The van der Waals surface area contributed by atoms with Crippen LogP contribution in [-0.2, 0) is 11.3 Å². The number of imidazole rings is 1. The van der Waals surface area contributed by atoms with Crippen molar-refractivity contribution in [2.24, 2.45) is 5.41 Å². The van der Waals surface area contributed by atoms with Crippen LogP contribution in [0.4, 0.5) is 0 Å². The molecule has 0 aliphatic carbocycles. The van der Waals surface area contributed by atoms with Gasteiger partial charge < -0.3 is 14.6 Å². The summed E-state index contributed by atoms with van der Waals surface area (Å²) in [5, 5.41) is 3.44. The smallest absolute Gasteiger partial charge is 0.0948 e. The highest BCUT2D eigenvalue weighted by atomic mass is 16.5. The Morgan fingerprint density at radius 3 is 2.84 bits per heavy atom. The second kappa shape index (κ2) is 5.63. The lowest BCUT2D eigenvalue weighted by Crippen LogP contribution is -2.32. The zero-order chi connectivity index (χ0) is 13.1. The summed E-state index contributed by atoms with van der Waals surface area (Å²) in [6.07, 6.45) is 8.92. The Labute approximate surface area is 115 Å². The van der Waals surface area contributed by atoms with Gasteiger partial charge in [-0.05, 0) is 44.2 Å². The minimum atomic E-state index is 0.376. The Bertz CT molecular complexity index is 403. The highest BCUT2D eigenvalue weighted by Gasteiger charge is 2.29. The first kappa shape index (κ1) is 13.1. The zero-order valence-electron chi connectivity index (χ0n) is 11.9. The molecule has 4 heteroatoms. The van der Waals surface area contributed by atoms with Gasteiger partial charge in [-0.2, -0.15) is 0 Å². The Kier molecular flexibility index (Phi) is 3.89. The third-order valence-corrected chi connectivity index (χ3v) is 4.75. The summed E-state index contributed by atoms with van der Waals surface area (Å²) in [6, 6.07) is 0. The van der Waals surface area contributed by atoms with E-state index >= 15 is 0 Å². The van der Waals surface area contributed by atoms with Crippen molar-refractivity contribution >= 4 is 0 Å². The van der Waals surface area contributed by atoms with E-state index in [0.717, 1.165) is 45.7 Å². The molecule has 0 spiro atoms. The molecule has 0 saturated carbocycles. The van der Waals surface area contributed by atoms with E-state index in [-0.39, 0.29) is 0 Å². The van der Waals surface area contributed by atoms with Gasteiger partial charge in [-0.3, -0.25) is 0 Å². The molecule has 0 unspecified atom stereocenters. The van der Waals surface area contributed by atoms with Crippen molar-refractivity contribution in [2.75, 3.05) is 26.3 Å². The second-order valence-electron chi connectivity index (χ2n) is 6.39. The van der Waals surface area contributed by atoms with Gasteiger partial charge in [-0.25, -0.2) is 4.98 Å². The van der Waals surface area contributed by atoms with Crippen LogP contribution in [-0.4, -0.2) is 35.9 Å². The fourth-order valence-corrected chi connectivity index (χ4v) is 3.35. The Morgan fingerprint density at radius 2 is 2.11 bits per heavy atom. The van der Waals surface area contributed by atoms with Crippen molar-refractivity contribution in [3.63, 3.8) is 0 Å². The average Bonchev–Trinajstić information content (AvgIpc) is 2.88. The predicted octanol–water partition coefficient (Wildman–Crippen LogP) is 2.17. The summed E-state index contributed by atoms with van der Waals surface area (Å²) < 4.78 is 7.90. The van der Waals surface area contributed by atoms with E-state index in [0.29, 0.717) is 11.3 Å². The molecule has 3 rings (SSSR count). The van der Waals surface area contributed by atoms with Crippen molar-refractivity contribution in [3.8, 4) is 0 Å². The van der Waals surface area contributed by atoms with Crippen LogP contribution in [0.1, 0.15) is 44.2 Å². The van der Waals surface area contributed by atoms with Crippen LogP contribution in [0.5, 0.6) is 0 Å². The van der Waals surface area contributed by atoms with Gasteiger partial charge in [0.25, 0.3) is 0 Å². The fraction of sp³-hybridized carbons (Fsp3) is 0.800. The first-order valence-corrected chi connectivity index (χ1v) is 7.55. The molecule has 4 nitrogen and oxygen atoms in total. The molecule has 1 aromatic heterocycles. The van der Waals surface area contributed by atoms with Crippen LogP contribution in [0, 0.1) is 5.41 Å². The summed E-state index contributed by atoms with van der Waals surface area (Å²) in [5.41, 5.74) is 1.81. The van der Waals surface area contributed by atoms with Gasteiger partial charge in [0.05, 0.1) is 6.33 Å². The highest BCUT2D eigenvalue weighted by molar-refractivity contribution is 5.08. The molecular formula is C15H25N3O. The molecule has 2 aliphatic rings. The molecule has 0 bridgehead atoms. The van der Waals surface area contributed by atoms with Gasteiger partial charge in [-0.15, -0.1) is 0 Å². The van der Waals surface area contributed by atoms with Crippen molar-refractivity contribution in [3.05, 3.63) is 18.2 Å². The molecule has 2 fully saturated rings. The second-order valence-corrected chi connectivity index (χ2v) is 6.39. The number of ether oxygens (including phenoxy) is 1. The Hall–Kier alpha value is -0.870. The molecular weight excluding hydrogens is 238 g/mol. The van der Waals surface area contributed by atoms with E-state index < -0.39 is 0 Å². The molecule has 0 atom stereocenters. The van der Waals surface area contributed by atoms with Crippen LogP contribution in [0.25, 0.3) is 0 Å². The quantitative estimate of drug-likeness (QED) is 0.908. The van der Waals surface area contributed by atoms with Crippen LogP contribution in [0.15, 0.2) is 12.5 Å². The first-order valence-electron chi connectivity index (χ1n) is 7.55. The number of nitrogens with one attached hydrogen (secondary N) is 1. The van der Waals surface area contributed by atoms with Gasteiger partial charge in [0, 0.05) is 37.6 Å². The summed E-state index contributed by atoms with van der Waals surface area (Å²) in [6.45, 7) is 7.58. The molecule has 3 heterocycles. The first-order chi connectivity index (χ1) is 9.27. The molecule has 106 valence electrons. The number of piperidine rings is 1. The topological polar surface area (TPSA) is 39.1 Å². The van der Waals surface area contributed by atoms with E-state index in [1.54, 1.807) is 0 Å². The van der Waals surface area contributed by atoms with Crippen LogP contribution in [0.2, 0.25) is 0 Å². The van der Waals surface area contributed by atoms with E-state index in [2.05, 4.69) is 28.0 Å². The lowest BCUT2D eigenvalue weighted by Gasteiger charge is -2.35. The lowest BCUT2D eigenvalue weighted by molar-refractivity contribution is 0.0150. The van der Waals surface area contributed by atoms with Crippen LogP contribution >= 0.6 is 0 Å². The number of hydrogen-bond acceptors (Lipinski definition) is 3. The molecule has 2 aliphatic heterocycles. The number of aromatic nitrogens is 2.